The molecule has 0 amide bonds. The van der Waals surface area contributed by atoms with Gasteiger partial charge in [-0.25, -0.2) is 0 Å². The molecule has 1 aliphatic heterocycles. The number of benzene rings is 2. The zero-order valence-corrected chi connectivity index (χ0v) is 17.0. The van der Waals surface area contributed by atoms with Gasteiger partial charge in [-0.05, 0) is 41.6 Å². The minimum absolute atomic E-state index is 0.206. The average Bonchev–Trinajstić information content (AvgIpc) is 3.10. The summed E-state index contributed by atoms with van der Waals surface area (Å²) in [7, 11) is 0.214. The van der Waals surface area contributed by atoms with Gasteiger partial charge in [-0.15, -0.1) is 5.10 Å². The van der Waals surface area contributed by atoms with E-state index < -0.39 is 7.12 Å². The maximum atomic E-state index is 9.34. The summed E-state index contributed by atoms with van der Waals surface area (Å²) in [6.45, 7) is 3.20. The first-order valence-corrected chi connectivity index (χ1v) is 9.84. The molecule has 1 unspecified atom stereocenters. The number of methoxy groups -OCH3 is 1. The molecule has 2 heterocycles. The fourth-order valence-corrected chi connectivity index (χ4v) is 3.84. The summed E-state index contributed by atoms with van der Waals surface area (Å²) in [5, 5.41) is 30.3. The van der Waals surface area contributed by atoms with Gasteiger partial charge in [0.1, 0.15) is 0 Å². The van der Waals surface area contributed by atoms with Crippen LogP contribution in [0, 0.1) is 0 Å². The Bertz CT molecular complexity index is 1030. The van der Waals surface area contributed by atoms with Gasteiger partial charge in [0.25, 0.3) is 5.95 Å². The molecule has 154 valence electrons. The molecule has 1 aromatic heterocycles. The lowest BCUT2D eigenvalue weighted by atomic mass is 9.80. The molecule has 1 atom stereocenters. The highest BCUT2D eigenvalue weighted by atomic mass is 16.5. The van der Waals surface area contributed by atoms with Gasteiger partial charge >= 0.3 is 7.12 Å². The Kier molecular flexibility index (Phi) is 5.94. The van der Waals surface area contributed by atoms with Crippen LogP contribution in [0.15, 0.2) is 48.7 Å². The minimum atomic E-state index is -1.49. The number of anilines is 3. The average molecular weight is 405 g/mol. The van der Waals surface area contributed by atoms with Gasteiger partial charge in [0, 0.05) is 25.4 Å². The zero-order valence-electron chi connectivity index (χ0n) is 17.0. The lowest BCUT2D eigenvalue weighted by molar-refractivity contribution is 0.184. The van der Waals surface area contributed by atoms with Crippen LogP contribution in [0.4, 0.5) is 17.5 Å². The molecular weight excluding hydrogens is 381 g/mol. The molecule has 3 aromatic rings. The van der Waals surface area contributed by atoms with Crippen molar-refractivity contribution >= 4 is 30.0 Å². The van der Waals surface area contributed by atoms with Crippen LogP contribution in [0.3, 0.4) is 0 Å². The van der Waals surface area contributed by atoms with Gasteiger partial charge in [0.15, 0.2) is 5.82 Å². The van der Waals surface area contributed by atoms with Crippen molar-refractivity contribution < 1.29 is 14.8 Å². The van der Waals surface area contributed by atoms with E-state index >= 15 is 0 Å². The second-order valence-electron chi connectivity index (χ2n) is 7.38. The molecule has 3 N–H and O–H groups in total. The van der Waals surface area contributed by atoms with Gasteiger partial charge in [-0.3, -0.25) is 0 Å². The predicted molar refractivity (Wildman–Crippen MR) is 116 cm³/mol. The van der Waals surface area contributed by atoms with Gasteiger partial charge in [-0.1, -0.05) is 36.4 Å². The number of hydrogen-bond acceptors (Lipinski definition) is 8. The number of rotatable bonds is 7. The Labute approximate surface area is 175 Å². The van der Waals surface area contributed by atoms with Crippen LogP contribution < -0.4 is 15.7 Å². The smallest absolute Gasteiger partial charge is 0.423 e. The van der Waals surface area contributed by atoms with Crippen LogP contribution in [0.2, 0.25) is 0 Å². The summed E-state index contributed by atoms with van der Waals surface area (Å²) in [6, 6.07) is 13.5. The van der Waals surface area contributed by atoms with E-state index in [1.165, 1.54) is 11.1 Å². The molecule has 4 rings (SSSR count). The fraction of sp³-hybridized carbons (Fsp3) is 0.286. The first kappa shape index (κ1) is 20.3. The first-order chi connectivity index (χ1) is 14.6. The Morgan fingerprint density at radius 3 is 2.87 bits per heavy atom. The maximum absolute atomic E-state index is 9.34. The molecule has 0 aliphatic carbocycles. The minimum Gasteiger partial charge on any atom is -0.423 e. The van der Waals surface area contributed by atoms with E-state index in [2.05, 4.69) is 44.5 Å². The SMILES string of the molecule is COCc1cccc2c1CC(C)N2c1nncc(NCc2cccc(B(O)O)c2)n1. The molecular formula is C21H24BN5O3. The van der Waals surface area contributed by atoms with Crippen molar-refractivity contribution in [1.29, 1.82) is 0 Å². The Morgan fingerprint density at radius 2 is 2.07 bits per heavy atom. The van der Waals surface area contributed by atoms with Gasteiger partial charge in [-0.2, -0.15) is 10.1 Å². The maximum Gasteiger partial charge on any atom is 0.488 e. The van der Waals surface area contributed by atoms with E-state index in [1.807, 2.05) is 12.1 Å². The molecule has 0 saturated carbocycles. The number of aromatic nitrogens is 3. The molecule has 8 nitrogen and oxygen atoms in total. The largest absolute Gasteiger partial charge is 0.488 e. The van der Waals surface area contributed by atoms with Crippen LogP contribution in [0.1, 0.15) is 23.6 Å². The van der Waals surface area contributed by atoms with Crippen molar-refractivity contribution in [2.75, 3.05) is 17.3 Å². The number of nitrogens with zero attached hydrogens (tertiary/aromatic N) is 4. The fourth-order valence-electron chi connectivity index (χ4n) is 3.84. The highest BCUT2D eigenvalue weighted by Gasteiger charge is 2.31. The van der Waals surface area contributed by atoms with E-state index in [0.29, 0.717) is 30.4 Å². The molecule has 0 radical (unpaired) electrons. The highest BCUT2D eigenvalue weighted by molar-refractivity contribution is 6.58. The topological polar surface area (TPSA) is 104 Å². The molecule has 0 spiro atoms. The number of ether oxygens (including phenoxy) is 1. The van der Waals surface area contributed by atoms with Crippen LogP contribution in [0.25, 0.3) is 0 Å². The summed E-state index contributed by atoms with van der Waals surface area (Å²) in [6.07, 6.45) is 2.48. The summed E-state index contributed by atoms with van der Waals surface area (Å²) in [4.78, 5) is 6.77. The highest BCUT2D eigenvalue weighted by Crippen LogP contribution is 2.38. The molecule has 0 fully saturated rings. The van der Waals surface area contributed by atoms with Crippen molar-refractivity contribution in [2.45, 2.75) is 32.5 Å². The van der Waals surface area contributed by atoms with Crippen LogP contribution in [-0.2, 0) is 24.3 Å². The van der Waals surface area contributed by atoms with Crippen molar-refractivity contribution in [3.63, 3.8) is 0 Å². The standard InChI is InChI=1S/C21H24BN5O3/c1-14-9-18-16(13-30-2)6-4-8-19(18)27(14)21-25-20(12-24-26-21)23-11-15-5-3-7-17(10-15)22(28)29/h3-8,10,12,14,28-29H,9,11,13H2,1-2H3,(H,23,25,26). The van der Waals surface area contributed by atoms with E-state index in [9.17, 15) is 10.0 Å². The molecule has 0 saturated heterocycles. The Morgan fingerprint density at radius 1 is 1.23 bits per heavy atom. The van der Waals surface area contributed by atoms with Gasteiger partial charge < -0.3 is 25.0 Å². The van der Waals surface area contributed by atoms with Gasteiger partial charge in [0.05, 0.1) is 12.8 Å². The second kappa shape index (κ2) is 8.79. The van der Waals surface area contributed by atoms with E-state index in [4.69, 9.17) is 4.74 Å². The van der Waals surface area contributed by atoms with Crippen molar-refractivity contribution in [1.82, 2.24) is 15.2 Å². The third-order valence-electron chi connectivity index (χ3n) is 5.23. The van der Waals surface area contributed by atoms with E-state index in [0.717, 1.165) is 17.7 Å². The number of nitrogens with one attached hydrogen (secondary N) is 1. The summed E-state index contributed by atoms with van der Waals surface area (Å²) < 4.78 is 5.34. The normalized spacial score (nSPS) is 15.2. The van der Waals surface area contributed by atoms with E-state index in [1.54, 1.807) is 31.5 Å². The zero-order chi connectivity index (χ0) is 21.1. The molecule has 30 heavy (non-hydrogen) atoms. The third kappa shape index (κ3) is 4.13. The van der Waals surface area contributed by atoms with Crippen molar-refractivity contribution in [3.05, 3.63) is 65.4 Å². The van der Waals surface area contributed by atoms with Crippen molar-refractivity contribution in [2.24, 2.45) is 0 Å². The molecule has 2 aromatic carbocycles. The van der Waals surface area contributed by atoms with Crippen LogP contribution >= 0.6 is 0 Å². The van der Waals surface area contributed by atoms with Crippen molar-refractivity contribution in [3.8, 4) is 0 Å². The summed E-state index contributed by atoms with van der Waals surface area (Å²) >= 11 is 0. The second-order valence-corrected chi connectivity index (χ2v) is 7.38. The number of fused-ring (bicyclic) bond motifs is 1. The predicted octanol–water partition coefficient (Wildman–Crippen LogP) is 1.39. The quantitative estimate of drug-likeness (QED) is 0.507. The molecule has 1 aliphatic rings. The Hall–Kier alpha value is -3.01. The third-order valence-corrected chi connectivity index (χ3v) is 5.23. The van der Waals surface area contributed by atoms with Gasteiger partial charge in [0.2, 0.25) is 0 Å². The Balaban J connectivity index is 1.55. The number of hydrogen-bond donors (Lipinski definition) is 3. The van der Waals surface area contributed by atoms with Crippen LogP contribution in [-0.4, -0.2) is 45.5 Å². The first-order valence-electron chi connectivity index (χ1n) is 9.84. The summed E-state index contributed by atoms with van der Waals surface area (Å²) in [5.74, 6) is 1.14. The van der Waals surface area contributed by atoms with Crippen LogP contribution in [0.5, 0.6) is 0 Å². The molecule has 0 bridgehead atoms. The lowest BCUT2D eigenvalue weighted by Crippen LogP contribution is -2.30. The monoisotopic (exact) mass is 405 g/mol. The lowest BCUT2D eigenvalue weighted by Gasteiger charge is -2.22. The molecule has 9 heteroatoms. The van der Waals surface area contributed by atoms with E-state index in [-0.39, 0.29) is 6.04 Å². The summed E-state index contributed by atoms with van der Waals surface area (Å²) in [5.41, 5.74) is 4.88.